The summed E-state index contributed by atoms with van der Waals surface area (Å²) in [5.41, 5.74) is 1.21. The molecule has 0 fully saturated rings. The van der Waals surface area contributed by atoms with Crippen molar-refractivity contribution < 1.29 is 28.5 Å². The van der Waals surface area contributed by atoms with Crippen LogP contribution in [0.3, 0.4) is 0 Å². The van der Waals surface area contributed by atoms with Crippen LogP contribution in [0.4, 0.5) is 0 Å². The molecular weight excluding hydrogens is 297 g/mol. The number of nitrogens with zero attached hydrogens (tertiary/aromatic N) is 1. The van der Waals surface area contributed by atoms with Crippen LogP contribution in [0, 0.1) is 0 Å². The van der Waals surface area contributed by atoms with Crippen molar-refractivity contribution in [1.29, 1.82) is 0 Å². The number of benzene rings is 1. The predicted molar refractivity (Wildman–Crippen MR) is 58.3 cm³/mol. The van der Waals surface area contributed by atoms with Crippen molar-refractivity contribution in [2.24, 2.45) is 0 Å². The standard InChI is InChI=1S/C13H12N.HI/c1-3-7-13(8-4-1)9-12-14-10-5-2-6-11-14;/h1-12H;1H/q+1;/p-1. The first kappa shape index (κ1) is 11.9. The number of pyridine rings is 1. The van der Waals surface area contributed by atoms with Crippen molar-refractivity contribution in [2.75, 3.05) is 0 Å². The second-order valence-corrected chi connectivity index (χ2v) is 3.05. The summed E-state index contributed by atoms with van der Waals surface area (Å²) in [5, 5.41) is 0. The zero-order valence-corrected chi connectivity index (χ0v) is 10.4. The highest BCUT2D eigenvalue weighted by Crippen LogP contribution is 1.99. The van der Waals surface area contributed by atoms with Gasteiger partial charge in [-0.25, -0.2) is 0 Å². The molecule has 0 atom stereocenters. The maximum Gasteiger partial charge on any atom is 0.175 e. The second-order valence-electron chi connectivity index (χ2n) is 3.05. The molecule has 76 valence electrons. The fraction of sp³-hybridized carbons (Fsp3) is 0. The minimum absolute atomic E-state index is 0. The summed E-state index contributed by atoms with van der Waals surface area (Å²) in [7, 11) is 0. The summed E-state index contributed by atoms with van der Waals surface area (Å²) in [6.07, 6.45) is 8.15. The van der Waals surface area contributed by atoms with Gasteiger partial charge in [0, 0.05) is 18.2 Å². The van der Waals surface area contributed by atoms with Crippen molar-refractivity contribution in [3.8, 4) is 0 Å². The maximum absolute atomic E-state index is 2.08. The van der Waals surface area contributed by atoms with Gasteiger partial charge in [-0.1, -0.05) is 36.4 Å². The Bertz CT molecular complexity index is 368. The molecule has 1 aromatic heterocycles. The zero-order chi connectivity index (χ0) is 9.64. The van der Waals surface area contributed by atoms with E-state index in [1.54, 1.807) is 0 Å². The summed E-state index contributed by atoms with van der Waals surface area (Å²) in [6, 6.07) is 16.3. The highest BCUT2D eigenvalue weighted by atomic mass is 127. The smallest absolute Gasteiger partial charge is 0.175 e. The lowest BCUT2D eigenvalue weighted by Gasteiger charge is -1.88. The molecule has 1 nitrogen and oxygen atoms in total. The highest BCUT2D eigenvalue weighted by Gasteiger charge is 1.89. The minimum atomic E-state index is 0. The largest absolute Gasteiger partial charge is 1.00 e. The average molecular weight is 309 g/mol. The number of hydrogen-bond acceptors (Lipinski definition) is 0. The van der Waals surface area contributed by atoms with Crippen LogP contribution in [0.15, 0.2) is 60.9 Å². The molecule has 1 aromatic carbocycles. The first-order chi connectivity index (χ1) is 6.95. The van der Waals surface area contributed by atoms with E-state index in [1.165, 1.54) is 5.56 Å². The van der Waals surface area contributed by atoms with Crippen molar-refractivity contribution in [1.82, 2.24) is 0 Å². The lowest BCUT2D eigenvalue weighted by molar-refractivity contribution is -0.567. The van der Waals surface area contributed by atoms with Gasteiger partial charge in [-0.15, -0.1) is 0 Å². The van der Waals surface area contributed by atoms with Gasteiger partial charge in [0.15, 0.2) is 18.6 Å². The van der Waals surface area contributed by atoms with E-state index in [1.807, 2.05) is 59.6 Å². The summed E-state index contributed by atoms with van der Waals surface area (Å²) < 4.78 is 2.02. The van der Waals surface area contributed by atoms with Gasteiger partial charge in [0.2, 0.25) is 0 Å². The third kappa shape index (κ3) is 3.83. The third-order valence-electron chi connectivity index (χ3n) is 1.98. The summed E-state index contributed by atoms with van der Waals surface area (Å²) in [6.45, 7) is 0. The molecule has 0 bridgehead atoms. The maximum atomic E-state index is 2.08. The first-order valence-electron chi connectivity index (χ1n) is 4.64. The zero-order valence-electron chi connectivity index (χ0n) is 8.25. The van der Waals surface area contributed by atoms with E-state index in [-0.39, 0.29) is 24.0 Å². The summed E-state index contributed by atoms with van der Waals surface area (Å²) >= 11 is 0. The third-order valence-corrected chi connectivity index (χ3v) is 1.98. The Kier molecular flexibility index (Phi) is 5.04. The van der Waals surface area contributed by atoms with Crippen LogP contribution in [-0.4, -0.2) is 0 Å². The quantitative estimate of drug-likeness (QED) is 0.525. The summed E-state index contributed by atoms with van der Waals surface area (Å²) in [5.74, 6) is 0. The van der Waals surface area contributed by atoms with Gasteiger partial charge < -0.3 is 24.0 Å². The molecule has 2 aromatic rings. The fourth-order valence-corrected chi connectivity index (χ4v) is 1.25. The molecule has 0 aliphatic carbocycles. The van der Waals surface area contributed by atoms with Gasteiger partial charge in [0.25, 0.3) is 0 Å². The monoisotopic (exact) mass is 309 g/mol. The van der Waals surface area contributed by atoms with E-state index in [4.69, 9.17) is 0 Å². The Morgan fingerprint density at radius 1 is 0.800 bits per heavy atom. The topological polar surface area (TPSA) is 3.88 Å². The van der Waals surface area contributed by atoms with Gasteiger partial charge in [-0.05, 0) is 5.56 Å². The van der Waals surface area contributed by atoms with E-state index in [2.05, 4.69) is 18.2 Å². The Balaban J connectivity index is 0.00000112. The predicted octanol–water partition coefficient (Wildman–Crippen LogP) is -0.394. The van der Waals surface area contributed by atoms with Crippen molar-refractivity contribution in [3.05, 3.63) is 66.5 Å². The molecule has 15 heavy (non-hydrogen) atoms. The number of hydrogen-bond donors (Lipinski definition) is 0. The fourth-order valence-electron chi connectivity index (χ4n) is 1.25. The molecule has 1 heterocycles. The Hall–Kier alpha value is -1.16. The van der Waals surface area contributed by atoms with E-state index >= 15 is 0 Å². The molecule has 0 saturated carbocycles. The lowest BCUT2D eigenvalue weighted by Crippen LogP contribution is -3.00. The molecule has 2 rings (SSSR count). The molecule has 0 spiro atoms. The van der Waals surface area contributed by atoms with Crippen LogP contribution in [0.2, 0.25) is 0 Å². The van der Waals surface area contributed by atoms with Gasteiger partial charge >= 0.3 is 0 Å². The molecule has 0 N–H and O–H groups in total. The first-order valence-corrected chi connectivity index (χ1v) is 4.64. The highest BCUT2D eigenvalue weighted by molar-refractivity contribution is 5.56. The van der Waals surface area contributed by atoms with Crippen LogP contribution in [0.25, 0.3) is 12.3 Å². The Morgan fingerprint density at radius 3 is 2.07 bits per heavy atom. The molecule has 0 radical (unpaired) electrons. The van der Waals surface area contributed by atoms with Gasteiger partial charge in [0.1, 0.15) is 0 Å². The van der Waals surface area contributed by atoms with Crippen LogP contribution < -0.4 is 28.5 Å². The molecule has 0 amide bonds. The molecular formula is C13H12IN. The SMILES string of the molecule is C(=C[n+]1ccccc1)c1ccccc1.[I-]. The molecule has 2 heteroatoms. The number of aromatic nitrogens is 1. The van der Waals surface area contributed by atoms with Crippen molar-refractivity contribution in [3.63, 3.8) is 0 Å². The molecule has 0 saturated heterocycles. The van der Waals surface area contributed by atoms with Gasteiger partial charge in [0.05, 0.1) is 0 Å². The second kappa shape index (κ2) is 6.35. The minimum Gasteiger partial charge on any atom is -1.00 e. The Morgan fingerprint density at radius 2 is 1.40 bits per heavy atom. The summed E-state index contributed by atoms with van der Waals surface area (Å²) in [4.78, 5) is 0. The van der Waals surface area contributed by atoms with Gasteiger partial charge in [-0.3, -0.25) is 0 Å². The number of rotatable bonds is 2. The van der Waals surface area contributed by atoms with E-state index < -0.39 is 0 Å². The van der Waals surface area contributed by atoms with Crippen molar-refractivity contribution in [2.45, 2.75) is 0 Å². The van der Waals surface area contributed by atoms with E-state index in [9.17, 15) is 0 Å². The number of halogens is 1. The van der Waals surface area contributed by atoms with Crippen LogP contribution in [0.5, 0.6) is 0 Å². The van der Waals surface area contributed by atoms with E-state index in [0.29, 0.717) is 0 Å². The van der Waals surface area contributed by atoms with Crippen LogP contribution in [0.1, 0.15) is 5.56 Å². The van der Waals surface area contributed by atoms with Crippen LogP contribution >= 0.6 is 0 Å². The lowest BCUT2D eigenvalue weighted by atomic mass is 10.2. The molecule has 0 aliphatic heterocycles. The normalized spacial score (nSPS) is 9.87. The van der Waals surface area contributed by atoms with E-state index in [0.717, 1.165) is 0 Å². The van der Waals surface area contributed by atoms with Crippen molar-refractivity contribution >= 4 is 12.3 Å². The molecule has 0 unspecified atom stereocenters. The van der Waals surface area contributed by atoms with Crippen LogP contribution in [-0.2, 0) is 0 Å². The average Bonchev–Trinajstić information content (AvgIpc) is 2.29. The van der Waals surface area contributed by atoms with Gasteiger partial charge in [-0.2, -0.15) is 4.57 Å². The Labute approximate surface area is 107 Å². The molecule has 0 aliphatic rings.